The molecule has 7 nitrogen and oxygen atoms in total. The molecule has 0 amide bonds. The summed E-state index contributed by atoms with van der Waals surface area (Å²) in [4.78, 5) is 11.6. The zero-order valence-electron chi connectivity index (χ0n) is 18.9. The van der Waals surface area contributed by atoms with Crippen LogP contribution < -0.4 is 0 Å². The molecule has 0 radical (unpaired) electrons. The van der Waals surface area contributed by atoms with Crippen LogP contribution in [0.2, 0.25) is 0 Å². The lowest BCUT2D eigenvalue weighted by molar-refractivity contribution is -0.145. The van der Waals surface area contributed by atoms with Crippen LogP contribution in [0.5, 0.6) is 0 Å². The lowest BCUT2D eigenvalue weighted by Gasteiger charge is -2.08. The molecule has 180 valence electrons. The number of carbonyl (C=O) groups excluding carboxylic acids is 1. The number of alkyl halides is 1. The Balaban J connectivity index is 3.11. The van der Waals surface area contributed by atoms with Crippen molar-refractivity contribution in [2.75, 3.05) is 77.1 Å². The average Bonchev–Trinajstić information content (AvgIpc) is 2.75. The lowest BCUT2D eigenvalue weighted by atomic mass is 10.1. The fourth-order valence-corrected chi connectivity index (χ4v) is 2.86. The van der Waals surface area contributed by atoms with Crippen LogP contribution in [0.1, 0.15) is 58.3 Å². The van der Waals surface area contributed by atoms with E-state index in [1.807, 2.05) is 0 Å². The van der Waals surface area contributed by atoms with Gasteiger partial charge in [-0.05, 0) is 6.42 Å². The number of esters is 1. The molecule has 0 bridgehead atoms. The highest BCUT2D eigenvalue weighted by atomic mass is 127. The van der Waals surface area contributed by atoms with Gasteiger partial charge in [0, 0.05) is 10.8 Å². The van der Waals surface area contributed by atoms with Crippen LogP contribution >= 0.6 is 22.6 Å². The van der Waals surface area contributed by atoms with E-state index in [1.165, 1.54) is 32.1 Å². The Labute approximate surface area is 197 Å². The molecule has 0 fully saturated rings. The number of hydrogen-bond donors (Lipinski definition) is 0. The van der Waals surface area contributed by atoms with Crippen LogP contribution in [0, 0.1) is 0 Å². The summed E-state index contributed by atoms with van der Waals surface area (Å²) in [6.45, 7) is 8.08. The van der Waals surface area contributed by atoms with E-state index in [9.17, 15) is 4.79 Å². The summed E-state index contributed by atoms with van der Waals surface area (Å²) in [6.07, 6.45) is 8.90. The molecule has 0 aromatic rings. The van der Waals surface area contributed by atoms with Gasteiger partial charge in [-0.1, -0.05) is 68.0 Å². The van der Waals surface area contributed by atoms with E-state index in [-0.39, 0.29) is 5.97 Å². The van der Waals surface area contributed by atoms with E-state index in [2.05, 4.69) is 29.5 Å². The Morgan fingerprint density at radius 1 is 0.567 bits per heavy atom. The Morgan fingerprint density at radius 3 is 1.43 bits per heavy atom. The van der Waals surface area contributed by atoms with Gasteiger partial charge < -0.3 is 28.4 Å². The number of carbonyl (C=O) groups is 1. The third kappa shape index (κ3) is 26.0. The van der Waals surface area contributed by atoms with Crippen molar-refractivity contribution in [2.45, 2.75) is 58.3 Å². The topological polar surface area (TPSA) is 72.5 Å². The Hall–Kier alpha value is -0.000000000000000222. The summed E-state index contributed by atoms with van der Waals surface area (Å²) in [7, 11) is 0. The molecule has 0 aromatic carbocycles. The molecule has 0 rings (SSSR count). The molecule has 0 aliphatic carbocycles. The molecule has 0 aromatic heterocycles. The molecule has 0 spiro atoms. The Kier molecular flexibility index (Phi) is 27.0. The van der Waals surface area contributed by atoms with Gasteiger partial charge in [0.15, 0.2) is 0 Å². The van der Waals surface area contributed by atoms with Crippen molar-refractivity contribution in [3.05, 3.63) is 0 Å². The van der Waals surface area contributed by atoms with Crippen LogP contribution in [0.25, 0.3) is 0 Å². The van der Waals surface area contributed by atoms with Gasteiger partial charge in [-0.3, -0.25) is 4.79 Å². The van der Waals surface area contributed by atoms with Crippen molar-refractivity contribution in [1.82, 2.24) is 0 Å². The maximum atomic E-state index is 11.6. The summed E-state index contributed by atoms with van der Waals surface area (Å²) in [6, 6.07) is 0. The second-order valence-corrected chi connectivity index (χ2v) is 7.92. The molecule has 0 heterocycles. The van der Waals surface area contributed by atoms with E-state index >= 15 is 0 Å². The minimum absolute atomic E-state index is 0.127. The van der Waals surface area contributed by atoms with Gasteiger partial charge in [0.25, 0.3) is 0 Å². The van der Waals surface area contributed by atoms with E-state index in [0.29, 0.717) is 72.5 Å². The highest BCUT2D eigenvalue weighted by Gasteiger charge is 2.02. The quantitative estimate of drug-likeness (QED) is 0.0736. The van der Waals surface area contributed by atoms with Crippen LogP contribution in [-0.4, -0.2) is 83.1 Å². The summed E-state index contributed by atoms with van der Waals surface area (Å²) >= 11 is 2.28. The first-order valence-corrected chi connectivity index (χ1v) is 12.9. The Bertz CT molecular complexity index is 345. The molecule has 30 heavy (non-hydrogen) atoms. The standard InChI is InChI=1S/C22H43IO7/c1-2-3-4-5-6-7-8-9-22(24)30-21-20-29-19-18-28-17-16-27-15-14-26-13-12-25-11-10-23/h2-21H2,1H3. The molecular weight excluding hydrogens is 503 g/mol. The summed E-state index contributed by atoms with van der Waals surface area (Å²) in [5.41, 5.74) is 0. The minimum atomic E-state index is -0.127. The van der Waals surface area contributed by atoms with Gasteiger partial charge in [-0.15, -0.1) is 0 Å². The van der Waals surface area contributed by atoms with Gasteiger partial charge in [0.2, 0.25) is 0 Å². The van der Waals surface area contributed by atoms with E-state index in [4.69, 9.17) is 28.4 Å². The lowest BCUT2D eigenvalue weighted by Crippen LogP contribution is -2.15. The first kappa shape index (κ1) is 30.0. The van der Waals surface area contributed by atoms with Crippen LogP contribution in [0.15, 0.2) is 0 Å². The second kappa shape index (κ2) is 27.0. The molecule has 0 saturated carbocycles. The van der Waals surface area contributed by atoms with E-state index in [1.54, 1.807) is 0 Å². The summed E-state index contributed by atoms with van der Waals surface area (Å²) < 4.78 is 33.1. The maximum absolute atomic E-state index is 11.6. The third-order valence-electron chi connectivity index (χ3n) is 4.18. The smallest absolute Gasteiger partial charge is 0.305 e. The first-order chi connectivity index (χ1) is 14.8. The predicted octanol–water partition coefficient (Wildman–Crippen LogP) is 4.19. The van der Waals surface area contributed by atoms with E-state index in [0.717, 1.165) is 23.9 Å². The van der Waals surface area contributed by atoms with Gasteiger partial charge in [0.1, 0.15) is 6.61 Å². The van der Waals surface area contributed by atoms with Gasteiger partial charge in [-0.2, -0.15) is 0 Å². The van der Waals surface area contributed by atoms with Crippen molar-refractivity contribution in [3.63, 3.8) is 0 Å². The van der Waals surface area contributed by atoms with Crippen molar-refractivity contribution >= 4 is 28.6 Å². The molecular formula is C22H43IO7. The number of rotatable bonds is 25. The van der Waals surface area contributed by atoms with Crippen molar-refractivity contribution in [1.29, 1.82) is 0 Å². The normalized spacial score (nSPS) is 11.1. The number of unbranched alkanes of at least 4 members (excludes halogenated alkanes) is 6. The number of hydrogen-bond acceptors (Lipinski definition) is 7. The van der Waals surface area contributed by atoms with E-state index < -0.39 is 0 Å². The third-order valence-corrected chi connectivity index (χ3v) is 4.63. The van der Waals surface area contributed by atoms with Gasteiger partial charge in [0.05, 0.1) is 66.1 Å². The second-order valence-electron chi connectivity index (χ2n) is 6.84. The molecule has 0 unspecified atom stereocenters. The molecule has 0 aliphatic heterocycles. The molecule has 8 heteroatoms. The predicted molar refractivity (Wildman–Crippen MR) is 127 cm³/mol. The molecule has 0 aliphatic rings. The monoisotopic (exact) mass is 546 g/mol. The molecule has 0 atom stereocenters. The molecule has 0 saturated heterocycles. The van der Waals surface area contributed by atoms with Gasteiger partial charge in [-0.25, -0.2) is 0 Å². The largest absolute Gasteiger partial charge is 0.463 e. The van der Waals surface area contributed by atoms with Gasteiger partial charge >= 0.3 is 5.97 Å². The van der Waals surface area contributed by atoms with Crippen LogP contribution in [0.3, 0.4) is 0 Å². The highest BCUT2D eigenvalue weighted by Crippen LogP contribution is 2.08. The summed E-state index contributed by atoms with van der Waals surface area (Å²) in [5, 5.41) is 0. The number of halogens is 1. The fraction of sp³-hybridized carbons (Fsp3) is 0.955. The first-order valence-electron chi connectivity index (χ1n) is 11.4. The van der Waals surface area contributed by atoms with Crippen LogP contribution in [0.4, 0.5) is 0 Å². The maximum Gasteiger partial charge on any atom is 0.305 e. The highest BCUT2D eigenvalue weighted by molar-refractivity contribution is 14.1. The minimum Gasteiger partial charge on any atom is -0.463 e. The molecule has 0 N–H and O–H groups in total. The van der Waals surface area contributed by atoms with Crippen molar-refractivity contribution in [2.24, 2.45) is 0 Å². The SMILES string of the molecule is CCCCCCCCCC(=O)OCCOCCOCCOCCOCCOCCI. The average molecular weight is 546 g/mol. The van der Waals surface area contributed by atoms with Crippen molar-refractivity contribution in [3.8, 4) is 0 Å². The Morgan fingerprint density at radius 2 is 0.967 bits per heavy atom. The summed E-state index contributed by atoms with van der Waals surface area (Å²) in [5.74, 6) is -0.127. The zero-order chi connectivity index (χ0) is 22.0. The van der Waals surface area contributed by atoms with Crippen molar-refractivity contribution < 1.29 is 33.2 Å². The zero-order valence-corrected chi connectivity index (χ0v) is 21.0. The van der Waals surface area contributed by atoms with Crippen LogP contribution in [-0.2, 0) is 33.2 Å². The number of ether oxygens (including phenoxy) is 6. The fourth-order valence-electron chi connectivity index (χ4n) is 2.55.